The van der Waals surface area contributed by atoms with Crippen LogP contribution >= 0.6 is 11.6 Å². The number of rotatable bonds is 6. The fraction of sp³-hybridized carbons (Fsp3) is 0.167. The summed E-state index contributed by atoms with van der Waals surface area (Å²) >= 11 is 6.30. The van der Waals surface area contributed by atoms with Crippen LogP contribution < -0.4 is 10.6 Å². The van der Waals surface area contributed by atoms with E-state index < -0.39 is 0 Å². The molecule has 0 fully saturated rings. The van der Waals surface area contributed by atoms with Gasteiger partial charge in [0.05, 0.1) is 23.0 Å². The van der Waals surface area contributed by atoms with Gasteiger partial charge in [-0.3, -0.25) is 4.98 Å². The van der Waals surface area contributed by atoms with Gasteiger partial charge in [0, 0.05) is 30.6 Å². The number of nitrogens with zero attached hydrogens (tertiary/aromatic N) is 3. The lowest BCUT2D eigenvalue weighted by Gasteiger charge is -2.12. The first-order chi connectivity index (χ1) is 12.2. The second-order valence-electron chi connectivity index (χ2n) is 5.46. The third kappa shape index (κ3) is 4.43. The van der Waals surface area contributed by atoms with E-state index in [1.54, 1.807) is 12.4 Å². The van der Waals surface area contributed by atoms with E-state index in [9.17, 15) is 0 Å². The predicted molar refractivity (Wildman–Crippen MR) is 100 cm³/mol. The van der Waals surface area contributed by atoms with Crippen molar-refractivity contribution in [2.75, 3.05) is 23.8 Å². The van der Waals surface area contributed by atoms with E-state index in [0.29, 0.717) is 29.0 Å². The van der Waals surface area contributed by atoms with Gasteiger partial charge in [0.25, 0.3) is 0 Å². The van der Waals surface area contributed by atoms with E-state index in [4.69, 9.17) is 16.7 Å². The van der Waals surface area contributed by atoms with Crippen LogP contribution in [0.3, 0.4) is 0 Å². The van der Waals surface area contributed by atoms with E-state index in [-0.39, 0.29) is 6.61 Å². The largest absolute Gasteiger partial charge is 0.395 e. The van der Waals surface area contributed by atoms with Crippen molar-refractivity contribution >= 4 is 29.1 Å². The van der Waals surface area contributed by atoms with Crippen LogP contribution in [0.5, 0.6) is 0 Å². The molecule has 0 bridgehead atoms. The van der Waals surface area contributed by atoms with Gasteiger partial charge in [-0.05, 0) is 36.8 Å². The van der Waals surface area contributed by atoms with Gasteiger partial charge in [0.1, 0.15) is 5.82 Å². The lowest BCUT2D eigenvalue weighted by atomic mass is 10.2. The molecule has 0 radical (unpaired) electrons. The van der Waals surface area contributed by atoms with Crippen LogP contribution in [0, 0.1) is 6.92 Å². The molecule has 2 heterocycles. The predicted octanol–water partition coefficient (Wildman–Crippen LogP) is 3.65. The Morgan fingerprint density at radius 1 is 1.16 bits per heavy atom. The van der Waals surface area contributed by atoms with Gasteiger partial charge in [0.15, 0.2) is 0 Å². The van der Waals surface area contributed by atoms with E-state index in [0.717, 1.165) is 16.8 Å². The van der Waals surface area contributed by atoms with Crippen molar-refractivity contribution in [2.45, 2.75) is 6.92 Å². The first-order valence-corrected chi connectivity index (χ1v) is 8.21. The summed E-state index contributed by atoms with van der Waals surface area (Å²) in [7, 11) is 0. The normalized spacial score (nSPS) is 10.5. The molecule has 3 aromatic rings. The van der Waals surface area contributed by atoms with Crippen molar-refractivity contribution in [3.8, 4) is 11.3 Å². The molecule has 0 unspecified atom stereocenters. The monoisotopic (exact) mass is 355 g/mol. The highest BCUT2D eigenvalue weighted by atomic mass is 35.5. The van der Waals surface area contributed by atoms with E-state index in [2.05, 4.69) is 25.6 Å². The molecule has 0 amide bonds. The number of halogens is 1. The van der Waals surface area contributed by atoms with Gasteiger partial charge in [-0.25, -0.2) is 4.98 Å². The number of nitrogens with one attached hydrogen (secondary N) is 2. The number of anilines is 3. The van der Waals surface area contributed by atoms with Crippen molar-refractivity contribution in [1.82, 2.24) is 15.0 Å². The van der Waals surface area contributed by atoms with Gasteiger partial charge >= 0.3 is 0 Å². The molecule has 0 aliphatic rings. The summed E-state index contributed by atoms with van der Waals surface area (Å²) in [5, 5.41) is 15.8. The molecule has 0 saturated heterocycles. The number of pyridine rings is 1. The fourth-order valence-corrected chi connectivity index (χ4v) is 2.56. The number of aryl methyl sites for hydroxylation is 1. The molecule has 0 atom stereocenters. The molecule has 3 N–H and O–H groups in total. The highest BCUT2D eigenvalue weighted by Crippen LogP contribution is 2.28. The zero-order valence-corrected chi connectivity index (χ0v) is 14.5. The second kappa shape index (κ2) is 7.92. The molecular weight excluding hydrogens is 338 g/mol. The van der Waals surface area contributed by atoms with E-state index in [1.165, 1.54) is 0 Å². The van der Waals surface area contributed by atoms with Crippen LogP contribution in [0.2, 0.25) is 5.02 Å². The summed E-state index contributed by atoms with van der Waals surface area (Å²) in [6.45, 7) is 2.34. The number of aliphatic hydroxyl groups is 1. The molecule has 128 valence electrons. The van der Waals surface area contributed by atoms with E-state index >= 15 is 0 Å². The molecule has 2 aromatic heterocycles. The lowest BCUT2D eigenvalue weighted by molar-refractivity contribution is 0.311. The number of hydrogen-bond donors (Lipinski definition) is 3. The fourth-order valence-electron chi connectivity index (χ4n) is 2.28. The van der Waals surface area contributed by atoms with Crippen LogP contribution in [-0.4, -0.2) is 33.2 Å². The summed E-state index contributed by atoms with van der Waals surface area (Å²) in [5.74, 6) is 1.01. The Balaban J connectivity index is 1.96. The number of benzene rings is 1. The van der Waals surface area contributed by atoms with Crippen molar-refractivity contribution < 1.29 is 5.11 Å². The highest BCUT2D eigenvalue weighted by Gasteiger charge is 2.09. The Morgan fingerprint density at radius 2 is 2.04 bits per heavy atom. The quantitative estimate of drug-likeness (QED) is 0.626. The molecule has 0 saturated carbocycles. The van der Waals surface area contributed by atoms with Crippen molar-refractivity contribution in [3.63, 3.8) is 0 Å². The Kier molecular flexibility index (Phi) is 5.42. The maximum atomic E-state index is 9.02. The molecule has 0 spiro atoms. The minimum absolute atomic E-state index is 0.00691. The number of hydrogen-bond acceptors (Lipinski definition) is 6. The summed E-state index contributed by atoms with van der Waals surface area (Å²) < 4.78 is 0. The van der Waals surface area contributed by atoms with Crippen molar-refractivity contribution in [1.29, 1.82) is 0 Å². The van der Waals surface area contributed by atoms with Gasteiger partial charge in [0.2, 0.25) is 5.95 Å². The number of aromatic nitrogens is 3. The van der Waals surface area contributed by atoms with Gasteiger partial charge in [-0.1, -0.05) is 17.7 Å². The molecule has 0 aliphatic carbocycles. The Morgan fingerprint density at radius 3 is 2.76 bits per heavy atom. The van der Waals surface area contributed by atoms with Gasteiger partial charge in [-0.2, -0.15) is 4.98 Å². The van der Waals surface area contributed by atoms with Crippen LogP contribution in [0.1, 0.15) is 5.56 Å². The molecule has 0 aliphatic heterocycles. The average molecular weight is 356 g/mol. The Hall–Kier alpha value is -2.70. The minimum Gasteiger partial charge on any atom is -0.395 e. The van der Waals surface area contributed by atoms with Crippen LogP contribution in [0.15, 0.2) is 48.8 Å². The minimum atomic E-state index is -0.00691. The molecule has 6 nitrogen and oxygen atoms in total. The smallest absolute Gasteiger partial charge is 0.225 e. The van der Waals surface area contributed by atoms with E-state index in [1.807, 2.05) is 43.3 Å². The molecular formula is C18H18ClN5O. The third-order valence-corrected chi connectivity index (χ3v) is 3.78. The van der Waals surface area contributed by atoms with Crippen LogP contribution in [-0.2, 0) is 0 Å². The lowest BCUT2D eigenvalue weighted by Crippen LogP contribution is -2.10. The maximum Gasteiger partial charge on any atom is 0.225 e. The van der Waals surface area contributed by atoms with Crippen LogP contribution in [0.4, 0.5) is 17.5 Å². The summed E-state index contributed by atoms with van der Waals surface area (Å²) in [6, 6.07) is 11.4. The maximum absolute atomic E-state index is 9.02. The highest BCUT2D eigenvalue weighted by molar-refractivity contribution is 6.33. The third-order valence-electron chi connectivity index (χ3n) is 3.47. The average Bonchev–Trinajstić information content (AvgIpc) is 2.63. The van der Waals surface area contributed by atoms with Gasteiger partial charge in [-0.15, -0.1) is 0 Å². The molecule has 3 rings (SSSR count). The standard InChI is InChI=1S/C18H18ClN5O/c1-12-4-5-15(14(19)9-12)22-17-10-16(13-3-2-6-20-11-13)23-18(24-17)21-7-8-25/h2-6,9-11,25H,7-8H2,1H3,(H2,21,22,23,24). The zero-order chi connectivity index (χ0) is 17.6. The zero-order valence-electron chi connectivity index (χ0n) is 13.7. The van der Waals surface area contributed by atoms with Crippen molar-refractivity contribution in [3.05, 3.63) is 59.4 Å². The number of aliphatic hydroxyl groups excluding tert-OH is 1. The SMILES string of the molecule is Cc1ccc(Nc2cc(-c3cccnc3)nc(NCCO)n2)c(Cl)c1. The second-order valence-corrected chi connectivity index (χ2v) is 5.87. The summed E-state index contributed by atoms with van der Waals surface area (Å²) in [4.78, 5) is 13.0. The molecule has 25 heavy (non-hydrogen) atoms. The summed E-state index contributed by atoms with van der Waals surface area (Å²) in [6.07, 6.45) is 3.45. The van der Waals surface area contributed by atoms with Gasteiger partial charge < -0.3 is 15.7 Å². The Labute approximate surface area is 150 Å². The van der Waals surface area contributed by atoms with Crippen molar-refractivity contribution in [2.24, 2.45) is 0 Å². The topological polar surface area (TPSA) is 83.0 Å². The summed E-state index contributed by atoms with van der Waals surface area (Å²) in [5.41, 5.74) is 3.43. The molecule has 1 aromatic carbocycles. The molecule has 7 heteroatoms. The first kappa shape index (κ1) is 17.1. The first-order valence-electron chi connectivity index (χ1n) is 7.83. The Bertz CT molecular complexity index is 857. The van der Waals surface area contributed by atoms with Crippen LogP contribution in [0.25, 0.3) is 11.3 Å².